The Morgan fingerprint density at radius 2 is 2.20 bits per heavy atom. The average Bonchev–Trinajstić information content (AvgIpc) is 2.12. The first-order valence-electron chi connectivity index (χ1n) is 4.77. The van der Waals surface area contributed by atoms with Crippen molar-refractivity contribution in [2.45, 2.75) is 32.2 Å². The zero-order chi connectivity index (χ0) is 11.7. The van der Waals surface area contributed by atoms with Crippen molar-refractivity contribution < 1.29 is 18.3 Å². The van der Waals surface area contributed by atoms with E-state index in [4.69, 9.17) is 11.6 Å². The normalized spacial score (nSPS) is 12.9. The van der Waals surface area contributed by atoms with Gasteiger partial charge in [-0.15, -0.1) is 11.6 Å². The van der Waals surface area contributed by atoms with Gasteiger partial charge in [0, 0.05) is 18.3 Å². The van der Waals surface area contributed by atoms with Crippen LogP contribution in [-0.4, -0.2) is 37.5 Å². The molecular weight excluding hydrogens is 228 g/mol. The van der Waals surface area contributed by atoms with Crippen LogP contribution in [0.5, 0.6) is 0 Å². The van der Waals surface area contributed by atoms with Crippen molar-refractivity contribution in [3.05, 3.63) is 0 Å². The van der Waals surface area contributed by atoms with Crippen LogP contribution in [0.1, 0.15) is 19.8 Å². The molecule has 6 heteroatoms. The standard InChI is InChI=1S/C9H16ClF2NO2/c1-7(2-4-10)13-9(14)3-5-15-6-8(11)12/h7-8H,2-6H2,1H3,(H,13,14). The van der Waals surface area contributed by atoms with Gasteiger partial charge in [-0.05, 0) is 13.3 Å². The minimum Gasteiger partial charge on any atom is -0.375 e. The summed E-state index contributed by atoms with van der Waals surface area (Å²) in [4.78, 5) is 11.2. The molecule has 0 aliphatic heterocycles. The van der Waals surface area contributed by atoms with E-state index < -0.39 is 13.0 Å². The lowest BCUT2D eigenvalue weighted by atomic mass is 10.2. The van der Waals surface area contributed by atoms with E-state index >= 15 is 0 Å². The summed E-state index contributed by atoms with van der Waals surface area (Å²) in [6.07, 6.45) is -1.70. The number of hydrogen-bond donors (Lipinski definition) is 1. The first kappa shape index (κ1) is 14.6. The molecule has 1 amide bonds. The molecule has 0 fully saturated rings. The molecule has 0 aromatic carbocycles. The number of carbonyl (C=O) groups excluding carboxylic acids is 1. The Hall–Kier alpha value is -0.420. The van der Waals surface area contributed by atoms with Gasteiger partial charge >= 0.3 is 0 Å². The second-order valence-electron chi connectivity index (χ2n) is 3.16. The molecule has 0 spiro atoms. The summed E-state index contributed by atoms with van der Waals surface area (Å²) in [6.45, 7) is 1.23. The van der Waals surface area contributed by atoms with Crippen LogP contribution in [0, 0.1) is 0 Å². The molecule has 0 saturated heterocycles. The summed E-state index contributed by atoms with van der Waals surface area (Å²) in [7, 11) is 0. The fraction of sp³-hybridized carbons (Fsp3) is 0.889. The summed E-state index contributed by atoms with van der Waals surface area (Å²) in [5.74, 6) is 0.269. The number of hydrogen-bond acceptors (Lipinski definition) is 2. The lowest BCUT2D eigenvalue weighted by molar-refractivity contribution is -0.123. The summed E-state index contributed by atoms with van der Waals surface area (Å²) >= 11 is 5.48. The van der Waals surface area contributed by atoms with Gasteiger partial charge in [-0.1, -0.05) is 0 Å². The number of amides is 1. The molecular formula is C9H16ClF2NO2. The van der Waals surface area contributed by atoms with Crippen LogP contribution < -0.4 is 5.32 Å². The van der Waals surface area contributed by atoms with Crippen molar-refractivity contribution in [2.24, 2.45) is 0 Å². The Bertz CT molecular complexity index is 181. The predicted octanol–water partition coefficient (Wildman–Crippen LogP) is 1.79. The molecule has 3 nitrogen and oxygen atoms in total. The molecule has 1 atom stereocenters. The maximum Gasteiger partial charge on any atom is 0.261 e. The fourth-order valence-electron chi connectivity index (χ4n) is 0.920. The molecule has 1 unspecified atom stereocenters. The van der Waals surface area contributed by atoms with E-state index in [1.807, 2.05) is 6.92 Å². The zero-order valence-electron chi connectivity index (χ0n) is 8.64. The summed E-state index contributed by atoms with van der Waals surface area (Å²) in [6, 6.07) is 0.00472. The van der Waals surface area contributed by atoms with Gasteiger partial charge in [-0.25, -0.2) is 8.78 Å². The topological polar surface area (TPSA) is 38.3 Å². The van der Waals surface area contributed by atoms with E-state index in [2.05, 4.69) is 10.1 Å². The highest BCUT2D eigenvalue weighted by Gasteiger charge is 2.07. The monoisotopic (exact) mass is 243 g/mol. The molecule has 0 radical (unpaired) electrons. The van der Waals surface area contributed by atoms with Crippen LogP contribution in [0.2, 0.25) is 0 Å². The lowest BCUT2D eigenvalue weighted by Gasteiger charge is -2.12. The van der Waals surface area contributed by atoms with Crippen LogP contribution in [0.15, 0.2) is 0 Å². The molecule has 0 bridgehead atoms. The second-order valence-corrected chi connectivity index (χ2v) is 3.54. The van der Waals surface area contributed by atoms with E-state index in [0.717, 1.165) is 0 Å². The van der Waals surface area contributed by atoms with Crippen LogP contribution in [0.25, 0.3) is 0 Å². The van der Waals surface area contributed by atoms with Gasteiger partial charge in [0.1, 0.15) is 6.61 Å². The Kier molecular flexibility index (Phi) is 8.61. The van der Waals surface area contributed by atoms with Gasteiger partial charge in [-0.3, -0.25) is 4.79 Å². The van der Waals surface area contributed by atoms with Crippen molar-refractivity contribution in [1.29, 1.82) is 0 Å². The van der Waals surface area contributed by atoms with Crippen molar-refractivity contribution in [1.82, 2.24) is 5.32 Å². The highest BCUT2D eigenvalue weighted by Crippen LogP contribution is 1.96. The number of nitrogens with one attached hydrogen (secondary N) is 1. The zero-order valence-corrected chi connectivity index (χ0v) is 9.40. The summed E-state index contributed by atoms with van der Waals surface area (Å²) in [5, 5.41) is 2.68. The van der Waals surface area contributed by atoms with Crippen molar-refractivity contribution in [3.8, 4) is 0 Å². The van der Waals surface area contributed by atoms with E-state index in [0.29, 0.717) is 12.3 Å². The third-order valence-electron chi connectivity index (χ3n) is 1.67. The van der Waals surface area contributed by atoms with Gasteiger partial charge in [0.05, 0.1) is 6.61 Å². The number of carbonyl (C=O) groups is 1. The molecule has 0 aliphatic carbocycles. The molecule has 1 N–H and O–H groups in total. The maximum absolute atomic E-state index is 11.6. The van der Waals surface area contributed by atoms with Crippen LogP contribution in [-0.2, 0) is 9.53 Å². The number of ether oxygens (including phenoxy) is 1. The molecule has 0 aromatic heterocycles. The molecule has 0 rings (SSSR count). The van der Waals surface area contributed by atoms with Crippen LogP contribution in [0.3, 0.4) is 0 Å². The maximum atomic E-state index is 11.6. The molecule has 0 aromatic rings. The molecule has 90 valence electrons. The Morgan fingerprint density at radius 3 is 2.73 bits per heavy atom. The fourth-order valence-corrected chi connectivity index (χ4v) is 1.25. The minimum absolute atomic E-state index is 0.00472. The first-order chi connectivity index (χ1) is 7.06. The number of halogens is 3. The van der Waals surface area contributed by atoms with Gasteiger partial charge in [-0.2, -0.15) is 0 Å². The minimum atomic E-state index is -2.48. The predicted molar refractivity (Wildman–Crippen MR) is 54.4 cm³/mol. The van der Waals surface area contributed by atoms with Gasteiger partial charge in [0.2, 0.25) is 5.91 Å². The summed E-state index contributed by atoms with van der Waals surface area (Å²) in [5.41, 5.74) is 0. The van der Waals surface area contributed by atoms with Crippen molar-refractivity contribution in [3.63, 3.8) is 0 Å². The largest absolute Gasteiger partial charge is 0.375 e. The van der Waals surface area contributed by atoms with Crippen molar-refractivity contribution >= 4 is 17.5 Å². The highest BCUT2D eigenvalue weighted by molar-refractivity contribution is 6.17. The third kappa shape index (κ3) is 9.87. The van der Waals surface area contributed by atoms with Crippen LogP contribution in [0.4, 0.5) is 8.78 Å². The molecule has 0 aliphatic rings. The van der Waals surface area contributed by atoms with E-state index in [1.165, 1.54) is 0 Å². The van der Waals surface area contributed by atoms with Gasteiger partial charge in [0.15, 0.2) is 0 Å². The Balaban J connectivity index is 3.40. The quantitative estimate of drug-likeness (QED) is 0.521. The van der Waals surface area contributed by atoms with E-state index in [-0.39, 0.29) is 25.0 Å². The molecule has 0 saturated carbocycles. The smallest absolute Gasteiger partial charge is 0.261 e. The Morgan fingerprint density at radius 1 is 1.53 bits per heavy atom. The second kappa shape index (κ2) is 8.85. The Labute approximate surface area is 93.1 Å². The van der Waals surface area contributed by atoms with E-state index in [9.17, 15) is 13.6 Å². The molecule has 15 heavy (non-hydrogen) atoms. The third-order valence-corrected chi connectivity index (χ3v) is 1.89. The van der Waals surface area contributed by atoms with Crippen LogP contribution >= 0.6 is 11.6 Å². The first-order valence-corrected chi connectivity index (χ1v) is 5.31. The molecule has 0 heterocycles. The average molecular weight is 244 g/mol. The lowest BCUT2D eigenvalue weighted by Crippen LogP contribution is -2.33. The SMILES string of the molecule is CC(CCCl)NC(=O)CCOCC(F)F. The number of alkyl halides is 3. The van der Waals surface area contributed by atoms with Gasteiger partial charge in [0.25, 0.3) is 6.43 Å². The van der Waals surface area contributed by atoms with Crippen molar-refractivity contribution in [2.75, 3.05) is 19.1 Å². The van der Waals surface area contributed by atoms with E-state index in [1.54, 1.807) is 0 Å². The summed E-state index contributed by atoms with van der Waals surface area (Å²) < 4.78 is 27.8. The highest BCUT2D eigenvalue weighted by atomic mass is 35.5. The van der Waals surface area contributed by atoms with Gasteiger partial charge < -0.3 is 10.1 Å². The number of rotatable bonds is 8.